The van der Waals surface area contributed by atoms with Crippen molar-refractivity contribution < 1.29 is 28.6 Å². The van der Waals surface area contributed by atoms with Gasteiger partial charge in [-0.05, 0) is 77.0 Å². The summed E-state index contributed by atoms with van der Waals surface area (Å²) in [5.74, 6) is -0.889. The first-order chi connectivity index (χ1) is 30.5. The average molecular weight is 871 g/mol. The van der Waals surface area contributed by atoms with Crippen LogP contribution in [0.5, 0.6) is 0 Å². The number of hydrogen-bond donors (Lipinski definition) is 0. The Kier molecular flexibility index (Phi) is 49.3. The van der Waals surface area contributed by atoms with Crippen molar-refractivity contribution >= 4 is 17.9 Å². The predicted octanol–water partition coefficient (Wildman–Crippen LogP) is 17.7. The van der Waals surface area contributed by atoms with Crippen LogP contribution < -0.4 is 0 Å². The van der Waals surface area contributed by atoms with Crippen molar-refractivity contribution in [2.45, 2.75) is 290 Å². The van der Waals surface area contributed by atoms with Gasteiger partial charge in [0, 0.05) is 19.3 Å². The average Bonchev–Trinajstić information content (AvgIpc) is 3.27. The highest BCUT2D eigenvalue weighted by molar-refractivity contribution is 5.71. The second-order valence-corrected chi connectivity index (χ2v) is 18.1. The van der Waals surface area contributed by atoms with E-state index in [2.05, 4.69) is 57.2 Å². The molecule has 1 atom stereocenters. The van der Waals surface area contributed by atoms with Crippen LogP contribution in [-0.4, -0.2) is 37.2 Å². The van der Waals surface area contributed by atoms with Crippen molar-refractivity contribution in [2.75, 3.05) is 13.2 Å². The fourth-order valence-corrected chi connectivity index (χ4v) is 7.76. The van der Waals surface area contributed by atoms with Crippen molar-refractivity contribution in [1.82, 2.24) is 0 Å². The standard InChI is InChI=1S/C56H102O6/c1-4-7-10-13-15-17-19-21-23-25-26-27-28-29-30-31-33-34-36-38-40-43-46-49-55(58)61-52-53(51-60-54(57)48-45-42-12-9-6-3)62-56(59)50-47-44-41-39-37-35-32-24-22-20-18-16-14-11-8-5-2/h19,21,24-26,32,53H,4-18,20,22-23,27-31,33-52H2,1-3H3/b21-19-,26-25-,32-24-. The second kappa shape index (κ2) is 51.3. The molecule has 0 bridgehead atoms. The van der Waals surface area contributed by atoms with E-state index in [-0.39, 0.29) is 31.1 Å². The normalized spacial score (nSPS) is 12.2. The minimum Gasteiger partial charge on any atom is -0.462 e. The number of esters is 3. The van der Waals surface area contributed by atoms with Gasteiger partial charge in [0.25, 0.3) is 0 Å². The molecule has 0 aromatic rings. The topological polar surface area (TPSA) is 78.9 Å². The number of carbonyl (C=O) groups is 3. The summed E-state index contributed by atoms with van der Waals surface area (Å²) in [7, 11) is 0. The summed E-state index contributed by atoms with van der Waals surface area (Å²) in [6.45, 7) is 6.56. The molecule has 6 nitrogen and oxygen atoms in total. The van der Waals surface area contributed by atoms with Crippen LogP contribution in [0.25, 0.3) is 0 Å². The highest BCUT2D eigenvalue weighted by atomic mass is 16.6. The van der Waals surface area contributed by atoms with E-state index in [4.69, 9.17) is 14.2 Å². The summed E-state index contributed by atoms with van der Waals surface area (Å²) in [5, 5.41) is 0. The molecule has 0 amide bonds. The number of rotatable bonds is 49. The van der Waals surface area contributed by atoms with Gasteiger partial charge in [-0.25, -0.2) is 0 Å². The lowest BCUT2D eigenvalue weighted by atomic mass is 10.0. The number of unbranched alkanes of at least 4 members (excludes halogenated alkanes) is 32. The van der Waals surface area contributed by atoms with Gasteiger partial charge in [-0.15, -0.1) is 0 Å². The van der Waals surface area contributed by atoms with Gasteiger partial charge in [0.15, 0.2) is 6.10 Å². The van der Waals surface area contributed by atoms with Crippen LogP contribution in [0.4, 0.5) is 0 Å². The monoisotopic (exact) mass is 871 g/mol. The molecule has 0 rings (SSSR count). The van der Waals surface area contributed by atoms with Crippen molar-refractivity contribution in [3.8, 4) is 0 Å². The summed E-state index contributed by atoms with van der Waals surface area (Å²) in [6.07, 6.45) is 60.3. The van der Waals surface area contributed by atoms with Gasteiger partial charge >= 0.3 is 17.9 Å². The quantitative estimate of drug-likeness (QED) is 0.0262. The number of ether oxygens (including phenoxy) is 3. The molecule has 62 heavy (non-hydrogen) atoms. The molecule has 6 heteroatoms. The van der Waals surface area contributed by atoms with Gasteiger partial charge in [0.1, 0.15) is 13.2 Å². The highest BCUT2D eigenvalue weighted by Crippen LogP contribution is 2.15. The zero-order valence-electron chi connectivity index (χ0n) is 41.4. The fraction of sp³-hybridized carbons (Fsp3) is 0.839. The number of allylic oxidation sites excluding steroid dienone is 6. The molecule has 0 aliphatic heterocycles. The van der Waals surface area contributed by atoms with E-state index in [1.165, 1.54) is 167 Å². The van der Waals surface area contributed by atoms with E-state index in [9.17, 15) is 14.4 Å². The molecular weight excluding hydrogens is 769 g/mol. The molecule has 0 aliphatic rings. The van der Waals surface area contributed by atoms with Crippen LogP contribution in [0.2, 0.25) is 0 Å². The van der Waals surface area contributed by atoms with E-state index in [1.807, 2.05) is 0 Å². The van der Waals surface area contributed by atoms with Crippen LogP contribution >= 0.6 is 0 Å². The maximum atomic E-state index is 12.7. The molecule has 0 spiro atoms. The Bertz CT molecular complexity index is 1050. The molecule has 0 N–H and O–H groups in total. The van der Waals surface area contributed by atoms with Gasteiger partial charge in [-0.2, -0.15) is 0 Å². The largest absolute Gasteiger partial charge is 0.462 e. The highest BCUT2D eigenvalue weighted by Gasteiger charge is 2.19. The Morgan fingerprint density at radius 1 is 0.323 bits per heavy atom. The van der Waals surface area contributed by atoms with Gasteiger partial charge < -0.3 is 14.2 Å². The number of hydrogen-bond acceptors (Lipinski definition) is 6. The maximum Gasteiger partial charge on any atom is 0.306 e. The first-order valence-electron chi connectivity index (χ1n) is 27.0. The first kappa shape index (κ1) is 59.6. The SMILES string of the molecule is CCCCCCC/C=C\C/C=C\CCCCCCCCCCCCCC(=O)OCC(COC(=O)CCCCCCC)OC(=O)CCCCCCC/C=C\CCCCCCCCC. The Labute approximate surface area is 385 Å². The molecule has 0 heterocycles. The summed E-state index contributed by atoms with van der Waals surface area (Å²) < 4.78 is 16.7. The van der Waals surface area contributed by atoms with Gasteiger partial charge in [-0.3, -0.25) is 14.4 Å². The first-order valence-corrected chi connectivity index (χ1v) is 27.0. The smallest absolute Gasteiger partial charge is 0.306 e. The Morgan fingerprint density at radius 2 is 0.581 bits per heavy atom. The number of carbonyl (C=O) groups excluding carboxylic acids is 3. The van der Waals surface area contributed by atoms with Gasteiger partial charge in [-0.1, -0.05) is 224 Å². The molecule has 0 aromatic carbocycles. The van der Waals surface area contributed by atoms with Crippen LogP contribution in [0.3, 0.4) is 0 Å². The molecule has 1 unspecified atom stereocenters. The Balaban J connectivity index is 4.10. The van der Waals surface area contributed by atoms with E-state index >= 15 is 0 Å². The lowest BCUT2D eigenvalue weighted by molar-refractivity contribution is -0.167. The summed E-state index contributed by atoms with van der Waals surface area (Å²) >= 11 is 0. The van der Waals surface area contributed by atoms with Gasteiger partial charge in [0.05, 0.1) is 0 Å². The van der Waals surface area contributed by atoms with Crippen molar-refractivity contribution in [3.05, 3.63) is 36.5 Å². The fourth-order valence-electron chi connectivity index (χ4n) is 7.76. The molecule has 0 saturated carbocycles. The van der Waals surface area contributed by atoms with Crippen LogP contribution in [-0.2, 0) is 28.6 Å². The van der Waals surface area contributed by atoms with Crippen LogP contribution in [0.1, 0.15) is 284 Å². The molecule has 0 aromatic heterocycles. The van der Waals surface area contributed by atoms with E-state index in [0.717, 1.165) is 77.0 Å². The third kappa shape index (κ3) is 48.7. The summed E-state index contributed by atoms with van der Waals surface area (Å²) in [4.78, 5) is 37.7. The third-order valence-corrected chi connectivity index (χ3v) is 11.9. The molecule has 0 aliphatic carbocycles. The van der Waals surface area contributed by atoms with E-state index in [0.29, 0.717) is 19.3 Å². The predicted molar refractivity (Wildman–Crippen MR) is 266 cm³/mol. The Morgan fingerprint density at radius 3 is 0.903 bits per heavy atom. The minimum absolute atomic E-state index is 0.0749. The molecule has 362 valence electrons. The zero-order valence-corrected chi connectivity index (χ0v) is 41.4. The lowest BCUT2D eigenvalue weighted by Gasteiger charge is -2.18. The molecule has 0 saturated heterocycles. The van der Waals surface area contributed by atoms with Crippen LogP contribution in [0, 0.1) is 0 Å². The van der Waals surface area contributed by atoms with Crippen LogP contribution in [0.15, 0.2) is 36.5 Å². The zero-order chi connectivity index (χ0) is 45.1. The maximum absolute atomic E-state index is 12.7. The molecule has 0 fully saturated rings. The minimum atomic E-state index is -0.771. The second-order valence-electron chi connectivity index (χ2n) is 18.1. The third-order valence-electron chi connectivity index (χ3n) is 11.9. The van der Waals surface area contributed by atoms with Gasteiger partial charge in [0.2, 0.25) is 0 Å². The van der Waals surface area contributed by atoms with Crippen molar-refractivity contribution in [3.63, 3.8) is 0 Å². The lowest BCUT2D eigenvalue weighted by Crippen LogP contribution is -2.30. The van der Waals surface area contributed by atoms with Crippen molar-refractivity contribution in [2.24, 2.45) is 0 Å². The summed E-state index contributed by atoms with van der Waals surface area (Å²) in [6, 6.07) is 0. The van der Waals surface area contributed by atoms with E-state index in [1.54, 1.807) is 0 Å². The molecular formula is C56H102O6. The van der Waals surface area contributed by atoms with Crippen molar-refractivity contribution in [1.29, 1.82) is 0 Å². The molecule has 0 radical (unpaired) electrons. The summed E-state index contributed by atoms with van der Waals surface area (Å²) in [5.41, 5.74) is 0. The Hall–Kier alpha value is -2.37. The van der Waals surface area contributed by atoms with E-state index < -0.39 is 6.10 Å².